The number of aliphatic hydroxyl groups excluding tert-OH is 1. The highest BCUT2D eigenvalue weighted by Crippen LogP contribution is 2.10. The normalized spacial score (nSPS) is 10.5. The number of unbranched alkanes of at least 4 members (excludes halogenated alkanes) is 16. The first-order chi connectivity index (χ1) is 11.8. The van der Waals surface area contributed by atoms with Crippen LogP contribution in [0, 0.1) is 0 Å². The Bertz CT molecular complexity index is 167. The molecule has 0 amide bonds. The van der Waals surface area contributed by atoms with Crippen LogP contribution in [0.5, 0.6) is 0 Å². The molecule has 3 N–H and O–H groups in total. The van der Waals surface area contributed by atoms with Crippen LogP contribution in [-0.2, 0) is 0 Å². The van der Waals surface area contributed by atoms with E-state index in [0.29, 0.717) is 6.61 Å². The largest absolute Gasteiger partial charge is 0.396 e. The highest BCUT2D eigenvalue weighted by molar-refractivity contribution is 4.47. The zero-order valence-corrected chi connectivity index (χ0v) is 17.2. The fraction of sp³-hybridized carbons (Fsp3) is 1.00. The minimum atomic E-state index is 0.372. The SMILES string of the molecule is CCCCCCCCCCCCO.CCCCCCCCCCN. The van der Waals surface area contributed by atoms with E-state index >= 15 is 0 Å². The standard InChI is InChI=1S/C12H26O.C10H23N/c1-2-3-4-5-6-7-8-9-10-11-12-13;1-2-3-4-5-6-7-8-9-10-11/h13H,2-12H2,1H3;2-11H2,1H3. The predicted molar refractivity (Wildman–Crippen MR) is 111 cm³/mol. The van der Waals surface area contributed by atoms with E-state index in [4.69, 9.17) is 10.8 Å². The molecule has 2 heteroatoms. The van der Waals surface area contributed by atoms with Crippen molar-refractivity contribution in [2.75, 3.05) is 13.2 Å². The van der Waals surface area contributed by atoms with E-state index in [0.717, 1.165) is 13.0 Å². The molecule has 0 atom stereocenters. The summed E-state index contributed by atoms with van der Waals surface area (Å²) in [6, 6.07) is 0. The van der Waals surface area contributed by atoms with Crippen LogP contribution in [0.3, 0.4) is 0 Å². The second-order valence-electron chi connectivity index (χ2n) is 7.17. The lowest BCUT2D eigenvalue weighted by Crippen LogP contribution is -1.97. The molecule has 0 aliphatic heterocycles. The van der Waals surface area contributed by atoms with Gasteiger partial charge in [0.25, 0.3) is 0 Å². The number of hydrogen-bond acceptors (Lipinski definition) is 2. The molecule has 0 aromatic rings. The molecule has 0 heterocycles. The smallest absolute Gasteiger partial charge is 0.0431 e. The fourth-order valence-electron chi connectivity index (χ4n) is 2.88. The zero-order chi connectivity index (χ0) is 18.1. The van der Waals surface area contributed by atoms with Crippen LogP contribution in [0.25, 0.3) is 0 Å². The Morgan fingerprint density at radius 2 is 0.750 bits per heavy atom. The van der Waals surface area contributed by atoms with Crippen LogP contribution in [-0.4, -0.2) is 18.3 Å². The summed E-state index contributed by atoms with van der Waals surface area (Å²) in [6.07, 6.45) is 24.3. The average Bonchev–Trinajstić information content (AvgIpc) is 2.60. The monoisotopic (exact) mass is 343 g/mol. The van der Waals surface area contributed by atoms with Crippen LogP contribution >= 0.6 is 0 Å². The molecule has 0 aromatic heterocycles. The van der Waals surface area contributed by atoms with E-state index in [1.54, 1.807) is 0 Å². The summed E-state index contributed by atoms with van der Waals surface area (Å²) in [5.41, 5.74) is 5.39. The van der Waals surface area contributed by atoms with Crippen LogP contribution in [0.1, 0.15) is 129 Å². The molecule has 24 heavy (non-hydrogen) atoms. The molecule has 148 valence electrons. The molecular formula is C22H49NO. The highest BCUT2D eigenvalue weighted by atomic mass is 16.2. The van der Waals surface area contributed by atoms with Gasteiger partial charge in [-0.25, -0.2) is 0 Å². The van der Waals surface area contributed by atoms with Crippen molar-refractivity contribution < 1.29 is 5.11 Å². The van der Waals surface area contributed by atoms with Gasteiger partial charge in [-0.3, -0.25) is 0 Å². The lowest BCUT2D eigenvalue weighted by Gasteiger charge is -2.00. The van der Waals surface area contributed by atoms with Crippen molar-refractivity contribution in [2.45, 2.75) is 129 Å². The summed E-state index contributed by atoms with van der Waals surface area (Å²) in [5.74, 6) is 0. The van der Waals surface area contributed by atoms with Crippen LogP contribution in [0.4, 0.5) is 0 Å². The third-order valence-electron chi connectivity index (χ3n) is 4.57. The third kappa shape index (κ3) is 29.9. The van der Waals surface area contributed by atoms with Crippen molar-refractivity contribution in [1.29, 1.82) is 0 Å². The maximum absolute atomic E-state index is 8.57. The van der Waals surface area contributed by atoms with Crippen molar-refractivity contribution in [3.8, 4) is 0 Å². The summed E-state index contributed by atoms with van der Waals surface area (Å²) in [4.78, 5) is 0. The van der Waals surface area contributed by atoms with Gasteiger partial charge in [-0.1, -0.05) is 117 Å². The summed E-state index contributed by atoms with van der Waals surface area (Å²) in [5, 5.41) is 8.57. The van der Waals surface area contributed by atoms with Gasteiger partial charge in [-0.2, -0.15) is 0 Å². The number of hydrogen-bond donors (Lipinski definition) is 2. The van der Waals surface area contributed by atoms with Crippen molar-refractivity contribution >= 4 is 0 Å². The fourth-order valence-corrected chi connectivity index (χ4v) is 2.88. The van der Waals surface area contributed by atoms with Crippen molar-refractivity contribution in [3.05, 3.63) is 0 Å². The van der Waals surface area contributed by atoms with Gasteiger partial charge in [-0.05, 0) is 19.4 Å². The summed E-state index contributed by atoms with van der Waals surface area (Å²) in [6.45, 7) is 5.76. The summed E-state index contributed by atoms with van der Waals surface area (Å²) >= 11 is 0. The molecule has 0 bridgehead atoms. The van der Waals surface area contributed by atoms with Gasteiger partial charge in [0, 0.05) is 6.61 Å². The molecule has 0 aliphatic rings. The van der Waals surface area contributed by atoms with Gasteiger partial charge in [-0.15, -0.1) is 0 Å². The van der Waals surface area contributed by atoms with Crippen LogP contribution in [0.2, 0.25) is 0 Å². The second kappa shape index (κ2) is 27.8. The lowest BCUT2D eigenvalue weighted by atomic mass is 10.1. The minimum absolute atomic E-state index is 0.372. The Morgan fingerprint density at radius 3 is 1.04 bits per heavy atom. The molecule has 0 aliphatic carbocycles. The molecular weight excluding hydrogens is 294 g/mol. The predicted octanol–water partition coefficient (Wildman–Crippen LogP) is 6.99. The van der Waals surface area contributed by atoms with E-state index in [1.807, 2.05) is 0 Å². The Balaban J connectivity index is 0. The third-order valence-corrected chi connectivity index (χ3v) is 4.57. The van der Waals surface area contributed by atoms with Crippen molar-refractivity contribution in [1.82, 2.24) is 0 Å². The van der Waals surface area contributed by atoms with Gasteiger partial charge >= 0.3 is 0 Å². The first kappa shape index (κ1) is 26.2. The summed E-state index contributed by atoms with van der Waals surface area (Å²) < 4.78 is 0. The second-order valence-corrected chi connectivity index (χ2v) is 7.17. The van der Waals surface area contributed by atoms with Crippen molar-refractivity contribution in [3.63, 3.8) is 0 Å². The molecule has 0 fully saturated rings. The molecule has 0 spiro atoms. The number of aliphatic hydroxyl groups is 1. The number of nitrogens with two attached hydrogens (primary N) is 1. The van der Waals surface area contributed by atoms with Gasteiger partial charge in [0.1, 0.15) is 0 Å². The maximum atomic E-state index is 8.57. The maximum Gasteiger partial charge on any atom is 0.0431 e. The van der Waals surface area contributed by atoms with Gasteiger partial charge in [0.2, 0.25) is 0 Å². The highest BCUT2D eigenvalue weighted by Gasteiger charge is 1.91. The first-order valence-corrected chi connectivity index (χ1v) is 11.1. The molecule has 0 unspecified atom stereocenters. The Labute approximate surface area is 154 Å². The van der Waals surface area contributed by atoms with E-state index in [1.165, 1.54) is 109 Å². The first-order valence-electron chi connectivity index (χ1n) is 11.1. The topological polar surface area (TPSA) is 46.2 Å². The van der Waals surface area contributed by atoms with Crippen LogP contribution < -0.4 is 5.73 Å². The van der Waals surface area contributed by atoms with Gasteiger partial charge in [0.05, 0.1) is 0 Å². The van der Waals surface area contributed by atoms with E-state index in [-0.39, 0.29) is 0 Å². The molecule has 0 rings (SSSR count). The Kier molecular flexibility index (Phi) is 30.2. The van der Waals surface area contributed by atoms with Gasteiger partial charge in [0.15, 0.2) is 0 Å². The van der Waals surface area contributed by atoms with E-state index < -0.39 is 0 Å². The minimum Gasteiger partial charge on any atom is -0.396 e. The molecule has 2 nitrogen and oxygen atoms in total. The lowest BCUT2D eigenvalue weighted by molar-refractivity contribution is 0.282. The average molecular weight is 344 g/mol. The number of rotatable bonds is 18. The molecule has 0 saturated heterocycles. The quantitative estimate of drug-likeness (QED) is 0.263. The zero-order valence-electron chi connectivity index (χ0n) is 17.2. The van der Waals surface area contributed by atoms with Gasteiger partial charge < -0.3 is 10.8 Å². The Morgan fingerprint density at radius 1 is 0.458 bits per heavy atom. The van der Waals surface area contributed by atoms with Crippen LogP contribution in [0.15, 0.2) is 0 Å². The molecule has 0 aromatic carbocycles. The Hall–Kier alpha value is -0.0800. The summed E-state index contributed by atoms with van der Waals surface area (Å²) in [7, 11) is 0. The van der Waals surface area contributed by atoms with Crippen molar-refractivity contribution in [2.24, 2.45) is 5.73 Å². The molecule has 0 radical (unpaired) electrons. The molecule has 0 saturated carbocycles. The van der Waals surface area contributed by atoms with E-state index in [2.05, 4.69) is 13.8 Å². The van der Waals surface area contributed by atoms with E-state index in [9.17, 15) is 0 Å².